The molecular weight excluding hydrogens is 322 g/mol. The molecule has 0 amide bonds. The monoisotopic (exact) mass is 337 g/mol. The van der Waals surface area contributed by atoms with Crippen LogP contribution in [0.4, 0.5) is 5.13 Å². The van der Waals surface area contributed by atoms with E-state index >= 15 is 0 Å². The fourth-order valence-corrected chi connectivity index (χ4v) is 3.24. The topological polar surface area (TPSA) is 91.7 Å². The van der Waals surface area contributed by atoms with Crippen molar-refractivity contribution in [2.24, 2.45) is 4.58 Å². The highest BCUT2D eigenvalue weighted by Gasteiger charge is 2.19. The van der Waals surface area contributed by atoms with E-state index in [4.69, 9.17) is 0 Å². The van der Waals surface area contributed by atoms with E-state index in [1.165, 1.54) is 11.3 Å². The highest BCUT2D eigenvalue weighted by molar-refractivity contribution is 7.97. The van der Waals surface area contributed by atoms with Crippen molar-refractivity contribution in [3.63, 3.8) is 0 Å². The summed E-state index contributed by atoms with van der Waals surface area (Å²) in [7, 11) is 0. The highest BCUT2D eigenvalue weighted by Crippen LogP contribution is 2.30. The Labute approximate surface area is 136 Å². The Morgan fingerprint density at radius 2 is 2.18 bits per heavy atom. The summed E-state index contributed by atoms with van der Waals surface area (Å²) in [6.45, 7) is 1.95. The first-order valence-corrected chi connectivity index (χ1v) is 8.34. The van der Waals surface area contributed by atoms with Gasteiger partial charge in [0.05, 0.1) is 5.69 Å². The molecule has 0 bridgehead atoms. The van der Waals surface area contributed by atoms with Crippen molar-refractivity contribution in [1.82, 2.24) is 4.98 Å². The first-order valence-electron chi connectivity index (χ1n) is 6.58. The van der Waals surface area contributed by atoms with E-state index in [2.05, 4.69) is 14.9 Å². The van der Waals surface area contributed by atoms with Gasteiger partial charge >= 0.3 is 5.97 Å². The van der Waals surface area contributed by atoms with Crippen molar-refractivity contribution in [3.8, 4) is 11.3 Å². The standard InChI is InChI=1S/C14H15N3O3S2/c1-9-12(10-5-3-2-4-6-10)16-14(22-9)15-11(13(18)19)7-8-21-17-20/h2-6,11H,7-8H2,1H3,(H,15,16)(H,18,19). The van der Waals surface area contributed by atoms with Gasteiger partial charge in [-0.05, 0) is 13.3 Å². The maximum Gasteiger partial charge on any atom is 0.326 e. The number of rotatable bonds is 8. The molecular formula is C14H15N3O3S2. The van der Waals surface area contributed by atoms with Crippen molar-refractivity contribution in [2.75, 3.05) is 11.1 Å². The normalized spacial score (nSPS) is 11.9. The Kier molecular flexibility index (Phi) is 5.91. The second-order valence-corrected chi connectivity index (χ2v) is 6.54. The van der Waals surface area contributed by atoms with Crippen LogP contribution in [-0.4, -0.2) is 27.9 Å². The molecule has 8 heteroatoms. The zero-order chi connectivity index (χ0) is 15.9. The van der Waals surface area contributed by atoms with Crippen LogP contribution in [0.25, 0.3) is 11.3 Å². The van der Waals surface area contributed by atoms with Gasteiger partial charge in [-0.1, -0.05) is 30.3 Å². The fourth-order valence-electron chi connectivity index (χ4n) is 1.94. The summed E-state index contributed by atoms with van der Waals surface area (Å²) in [6, 6.07) is 8.95. The molecule has 2 rings (SSSR count). The number of hydrogen-bond acceptors (Lipinski definition) is 7. The van der Waals surface area contributed by atoms with E-state index in [1.54, 1.807) is 0 Å². The minimum atomic E-state index is -0.972. The minimum Gasteiger partial charge on any atom is -0.480 e. The van der Waals surface area contributed by atoms with E-state index in [9.17, 15) is 14.8 Å². The molecule has 0 fully saturated rings. The van der Waals surface area contributed by atoms with Crippen LogP contribution in [0.15, 0.2) is 34.9 Å². The van der Waals surface area contributed by atoms with Crippen molar-refractivity contribution in [3.05, 3.63) is 40.1 Å². The number of benzene rings is 1. The lowest BCUT2D eigenvalue weighted by Crippen LogP contribution is -2.29. The molecule has 1 unspecified atom stereocenters. The van der Waals surface area contributed by atoms with Crippen LogP contribution < -0.4 is 5.32 Å². The van der Waals surface area contributed by atoms with Crippen LogP contribution >= 0.6 is 23.3 Å². The number of carbonyl (C=O) groups is 1. The molecule has 22 heavy (non-hydrogen) atoms. The number of aromatic nitrogens is 1. The van der Waals surface area contributed by atoms with E-state index in [1.807, 2.05) is 37.3 Å². The van der Waals surface area contributed by atoms with E-state index < -0.39 is 12.0 Å². The number of nitrogens with zero attached hydrogens (tertiary/aromatic N) is 2. The molecule has 0 spiro atoms. The molecule has 1 aromatic heterocycles. The molecule has 1 aromatic carbocycles. The summed E-state index contributed by atoms with van der Waals surface area (Å²) in [4.78, 5) is 26.8. The Morgan fingerprint density at radius 1 is 1.45 bits per heavy atom. The number of thiazole rings is 1. The Balaban J connectivity index is 2.12. The number of carboxylic acids is 1. The number of aryl methyl sites for hydroxylation is 1. The van der Waals surface area contributed by atoms with E-state index in [-0.39, 0.29) is 0 Å². The zero-order valence-corrected chi connectivity index (χ0v) is 13.5. The molecule has 6 nitrogen and oxygen atoms in total. The second kappa shape index (κ2) is 7.90. The van der Waals surface area contributed by atoms with Crippen molar-refractivity contribution in [1.29, 1.82) is 0 Å². The number of nitroso groups, excluding NO2 is 1. The van der Waals surface area contributed by atoms with Gasteiger partial charge in [0, 0.05) is 32.7 Å². The summed E-state index contributed by atoms with van der Waals surface area (Å²) in [5.41, 5.74) is 1.85. The number of nitrogens with one attached hydrogen (secondary N) is 1. The molecule has 1 heterocycles. The second-order valence-electron chi connectivity index (χ2n) is 4.52. The van der Waals surface area contributed by atoms with Crippen molar-refractivity contribution in [2.45, 2.75) is 19.4 Å². The molecule has 2 aromatic rings. The van der Waals surface area contributed by atoms with Gasteiger partial charge in [0.1, 0.15) is 6.04 Å². The van der Waals surface area contributed by atoms with Crippen molar-refractivity contribution < 1.29 is 9.90 Å². The van der Waals surface area contributed by atoms with Gasteiger partial charge in [0.15, 0.2) is 5.13 Å². The molecule has 0 aliphatic heterocycles. The molecule has 0 saturated heterocycles. The number of anilines is 1. The van der Waals surface area contributed by atoms with E-state index in [0.717, 1.165) is 28.1 Å². The Hall–Kier alpha value is -1.93. The molecule has 2 N–H and O–H groups in total. The van der Waals surface area contributed by atoms with Crippen LogP contribution in [0.2, 0.25) is 0 Å². The smallest absolute Gasteiger partial charge is 0.326 e. The number of aliphatic carboxylic acids is 1. The molecule has 116 valence electrons. The summed E-state index contributed by atoms with van der Waals surface area (Å²) in [6.07, 6.45) is 0.297. The lowest BCUT2D eigenvalue weighted by atomic mass is 10.1. The predicted molar refractivity (Wildman–Crippen MR) is 90.2 cm³/mol. The predicted octanol–water partition coefficient (Wildman–Crippen LogP) is 3.79. The SMILES string of the molecule is Cc1sc(NC(CCSN=O)C(=O)O)nc1-c1ccccc1. The molecule has 0 aliphatic carbocycles. The summed E-state index contributed by atoms with van der Waals surface area (Å²) in [5.74, 6) is -0.621. The number of hydrogen-bond donors (Lipinski definition) is 2. The fraction of sp³-hybridized carbons (Fsp3) is 0.286. The minimum absolute atomic E-state index is 0.297. The third kappa shape index (κ3) is 4.28. The van der Waals surface area contributed by atoms with Gasteiger partial charge in [-0.15, -0.1) is 16.2 Å². The van der Waals surface area contributed by atoms with Crippen LogP contribution in [0.3, 0.4) is 0 Å². The summed E-state index contributed by atoms with van der Waals surface area (Å²) >= 11 is 2.24. The Bertz CT molecular complexity index is 646. The van der Waals surface area contributed by atoms with Gasteiger partial charge in [0.2, 0.25) is 0 Å². The van der Waals surface area contributed by atoms with E-state index in [0.29, 0.717) is 17.3 Å². The third-order valence-corrected chi connectivity index (χ3v) is 4.42. The van der Waals surface area contributed by atoms with Crippen LogP contribution in [0, 0.1) is 11.8 Å². The van der Waals surface area contributed by atoms with Crippen LogP contribution in [-0.2, 0) is 4.79 Å². The molecule has 1 atom stereocenters. The van der Waals surface area contributed by atoms with Crippen LogP contribution in [0.5, 0.6) is 0 Å². The van der Waals surface area contributed by atoms with Gasteiger partial charge in [-0.3, -0.25) is 0 Å². The van der Waals surface area contributed by atoms with Gasteiger partial charge in [0.25, 0.3) is 0 Å². The van der Waals surface area contributed by atoms with Gasteiger partial charge in [-0.25, -0.2) is 9.78 Å². The summed E-state index contributed by atoms with van der Waals surface area (Å²) in [5, 5.41) is 12.7. The maximum absolute atomic E-state index is 11.3. The number of carboxylic acid groups (broad SMARTS) is 1. The van der Waals surface area contributed by atoms with Gasteiger partial charge < -0.3 is 10.4 Å². The van der Waals surface area contributed by atoms with Crippen LogP contribution in [0.1, 0.15) is 11.3 Å². The van der Waals surface area contributed by atoms with Gasteiger partial charge in [-0.2, -0.15) is 0 Å². The quantitative estimate of drug-likeness (QED) is 0.432. The lowest BCUT2D eigenvalue weighted by Gasteiger charge is -2.11. The highest BCUT2D eigenvalue weighted by atomic mass is 32.2. The molecule has 0 radical (unpaired) electrons. The van der Waals surface area contributed by atoms with Crippen molar-refractivity contribution >= 4 is 34.4 Å². The average Bonchev–Trinajstić information content (AvgIpc) is 2.88. The lowest BCUT2D eigenvalue weighted by molar-refractivity contribution is -0.137. The first kappa shape index (κ1) is 16.4. The zero-order valence-electron chi connectivity index (χ0n) is 11.9. The average molecular weight is 337 g/mol. The largest absolute Gasteiger partial charge is 0.480 e. The third-order valence-electron chi connectivity index (χ3n) is 2.99. The first-order chi connectivity index (χ1) is 10.6. The molecule has 0 aliphatic rings. The maximum atomic E-state index is 11.3. The Morgan fingerprint density at radius 3 is 2.82 bits per heavy atom. The summed E-state index contributed by atoms with van der Waals surface area (Å²) < 4.78 is 2.66. The molecule has 0 saturated carbocycles.